The van der Waals surface area contributed by atoms with Crippen molar-refractivity contribution in [1.29, 1.82) is 0 Å². The van der Waals surface area contributed by atoms with Crippen molar-refractivity contribution in [2.75, 3.05) is 11.9 Å². The summed E-state index contributed by atoms with van der Waals surface area (Å²) in [7, 11) is 0. The fraction of sp³-hybridized carbons (Fsp3) is 0.146. The Labute approximate surface area is 298 Å². The van der Waals surface area contributed by atoms with Crippen molar-refractivity contribution in [3.8, 4) is 34.0 Å². The number of rotatable bonds is 12. The molecule has 0 saturated carbocycles. The molecule has 9 nitrogen and oxygen atoms in total. The molecular formula is C41H34F2N4O5. The molecule has 0 radical (unpaired) electrons. The standard InChI is InChI=1S/C41H34F2N4O5/c1-3-27-18-21-35(42)34(38(27)43)22-36(48)44-33-19-16-32(17-20-33)41(51)47(24-37(49)50)23-26-6-10-30(11-7-26)39-45-40(52-46-39)31-14-12-29(13-15-31)28-8-4-25(2)5-9-28/h4-21H,3,22-24H2,1-2H3,(H,44,48)(H,49,50). The minimum atomic E-state index is -1.19. The average molecular weight is 701 g/mol. The lowest BCUT2D eigenvalue weighted by atomic mass is 10.0. The lowest BCUT2D eigenvalue weighted by Crippen LogP contribution is -2.35. The zero-order valence-corrected chi connectivity index (χ0v) is 28.4. The summed E-state index contributed by atoms with van der Waals surface area (Å²) in [5, 5.41) is 16.2. The smallest absolute Gasteiger partial charge is 0.323 e. The van der Waals surface area contributed by atoms with Crippen LogP contribution in [0.1, 0.15) is 39.5 Å². The van der Waals surface area contributed by atoms with Crippen molar-refractivity contribution in [3.63, 3.8) is 0 Å². The van der Waals surface area contributed by atoms with Crippen LogP contribution in [-0.4, -0.2) is 44.5 Å². The number of carboxylic acid groups (broad SMARTS) is 1. The normalized spacial score (nSPS) is 10.9. The third-order valence-corrected chi connectivity index (χ3v) is 8.54. The Balaban J connectivity index is 1.09. The molecule has 0 fully saturated rings. The summed E-state index contributed by atoms with van der Waals surface area (Å²) >= 11 is 0. The van der Waals surface area contributed by atoms with E-state index in [1.807, 2.05) is 31.2 Å². The SMILES string of the molecule is CCc1ccc(F)c(CC(=O)Nc2ccc(C(=O)N(CC(=O)O)Cc3ccc(-c4noc(-c5ccc(-c6ccc(C)cc6)cc5)n4)cc3)cc2)c1F. The number of hydrogen-bond donors (Lipinski definition) is 2. The number of benzene rings is 5. The quantitative estimate of drug-likeness (QED) is 0.132. The Morgan fingerprint density at radius 2 is 1.40 bits per heavy atom. The minimum absolute atomic E-state index is 0.00266. The summed E-state index contributed by atoms with van der Waals surface area (Å²) in [4.78, 5) is 43.4. The molecule has 0 aliphatic carbocycles. The zero-order chi connectivity index (χ0) is 36.8. The van der Waals surface area contributed by atoms with Gasteiger partial charge in [-0.05, 0) is 78.1 Å². The number of aryl methyl sites for hydroxylation is 2. The van der Waals surface area contributed by atoms with Crippen molar-refractivity contribution in [3.05, 3.63) is 149 Å². The number of aromatic nitrogens is 2. The Hall–Kier alpha value is -6.49. The largest absolute Gasteiger partial charge is 0.480 e. The first-order chi connectivity index (χ1) is 25.1. The number of carboxylic acids is 1. The molecule has 0 unspecified atom stereocenters. The van der Waals surface area contributed by atoms with Gasteiger partial charge in [-0.3, -0.25) is 14.4 Å². The monoisotopic (exact) mass is 700 g/mol. The van der Waals surface area contributed by atoms with Crippen LogP contribution in [0.25, 0.3) is 34.0 Å². The number of halogens is 2. The number of aliphatic carboxylic acids is 1. The van der Waals surface area contributed by atoms with E-state index in [2.05, 4.69) is 39.7 Å². The second-order valence-electron chi connectivity index (χ2n) is 12.3. The van der Waals surface area contributed by atoms with Crippen LogP contribution in [0.4, 0.5) is 14.5 Å². The average Bonchev–Trinajstić information content (AvgIpc) is 3.64. The molecule has 2 amide bonds. The van der Waals surface area contributed by atoms with Crippen molar-refractivity contribution < 1.29 is 32.8 Å². The molecule has 0 bridgehead atoms. The highest BCUT2D eigenvalue weighted by molar-refractivity contribution is 5.97. The maximum absolute atomic E-state index is 14.6. The number of nitrogens with zero attached hydrogens (tertiary/aromatic N) is 3. The number of carbonyl (C=O) groups excluding carboxylic acids is 2. The lowest BCUT2D eigenvalue weighted by Gasteiger charge is -2.21. The Morgan fingerprint density at radius 1 is 0.788 bits per heavy atom. The summed E-state index contributed by atoms with van der Waals surface area (Å²) in [6.45, 7) is 3.23. The van der Waals surface area contributed by atoms with Gasteiger partial charge in [0.2, 0.25) is 11.7 Å². The van der Waals surface area contributed by atoms with Crippen LogP contribution in [0, 0.1) is 18.6 Å². The first-order valence-corrected chi connectivity index (χ1v) is 16.5. The summed E-state index contributed by atoms with van der Waals surface area (Å²) in [5.41, 5.74) is 5.97. The van der Waals surface area contributed by atoms with E-state index in [-0.39, 0.29) is 17.7 Å². The van der Waals surface area contributed by atoms with Crippen molar-refractivity contribution in [1.82, 2.24) is 15.0 Å². The van der Waals surface area contributed by atoms with Crippen LogP contribution in [0.5, 0.6) is 0 Å². The van der Waals surface area contributed by atoms with Crippen LogP contribution in [0.2, 0.25) is 0 Å². The van der Waals surface area contributed by atoms with Crippen LogP contribution in [-0.2, 0) is 29.0 Å². The molecule has 262 valence electrons. The highest BCUT2D eigenvalue weighted by Crippen LogP contribution is 2.27. The molecular weight excluding hydrogens is 666 g/mol. The van der Waals surface area contributed by atoms with Crippen LogP contribution < -0.4 is 5.32 Å². The fourth-order valence-corrected chi connectivity index (χ4v) is 5.68. The highest BCUT2D eigenvalue weighted by Gasteiger charge is 2.21. The molecule has 0 saturated heterocycles. The molecule has 1 aromatic heterocycles. The van der Waals surface area contributed by atoms with Gasteiger partial charge in [-0.2, -0.15) is 4.98 Å². The van der Waals surface area contributed by atoms with E-state index in [1.54, 1.807) is 31.2 Å². The van der Waals surface area contributed by atoms with E-state index >= 15 is 0 Å². The second kappa shape index (κ2) is 15.6. The molecule has 6 rings (SSSR count). The molecule has 11 heteroatoms. The van der Waals surface area contributed by atoms with Gasteiger partial charge in [-0.1, -0.05) is 84.4 Å². The first kappa shape index (κ1) is 35.3. The zero-order valence-electron chi connectivity index (χ0n) is 28.4. The summed E-state index contributed by atoms with van der Waals surface area (Å²) in [5.74, 6) is -3.17. The van der Waals surface area contributed by atoms with E-state index in [0.717, 1.165) is 22.8 Å². The molecule has 0 atom stereocenters. The summed E-state index contributed by atoms with van der Waals surface area (Å²) < 4.78 is 34.4. The van der Waals surface area contributed by atoms with Gasteiger partial charge in [0.1, 0.15) is 18.2 Å². The van der Waals surface area contributed by atoms with E-state index in [1.165, 1.54) is 40.8 Å². The van der Waals surface area contributed by atoms with Gasteiger partial charge in [0, 0.05) is 34.5 Å². The van der Waals surface area contributed by atoms with Gasteiger partial charge in [-0.25, -0.2) is 8.78 Å². The third-order valence-electron chi connectivity index (χ3n) is 8.54. The second-order valence-corrected chi connectivity index (χ2v) is 12.3. The lowest BCUT2D eigenvalue weighted by molar-refractivity contribution is -0.137. The number of amides is 2. The Morgan fingerprint density at radius 3 is 2.04 bits per heavy atom. The van der Waals surface area contributed by atoms with Crippen LogP contribution >= 0.6 is 0 Å². The van der Waals surface area contributed by atoms with Gasteiger partial charge >= 0.3 is 5.97 Å². The fourth-order valence-electron chi connectivity index (χ4n) is 5.68. The van der Waals surface area contributed by atoms with Crippen molar-refractivity contribution >= 4 is 23.5 Å². The topological polar surface area (TPSA) is 126 Å². The van der Waals surface area contributed by atoms with Crippen LogP contribution in [0.15, 0.2) is 114 Å². The Kier molecular flexibility index (Phi) is 10.6. The van der Waals surface area contributed by atoms with E-state index in [0.29, 0.717) is 40.5 Å². The molecule has 2 N–H and O–H groups in total. The van der Waals surface area contributed by atoms with Crippen LogP contribution in [0.3, 0.4) is 0 Å². The molecule has 5 aromatic carbocycles. The van der Waals surface area contributed by atoms with Gasteiger partial charge in [-0.15, -0.1) is 0 Å². The predicted octanol–water partition coefficient (Wildman–Crippen LogP) is 8.13. The van der Waals surface area contributed by atoms with Gasteiger partial charge in [0.15, 0.2) is 0 Å². The van der Waals surface area contributed by atoms with E-state index < -0.39 is 42.4 Å². The molecule has 6 aromatic rings. The summed E-state index contributed by atoms with van der Waals surface area (Å²) in [6.07, 6.45) is -0.151. The number of anilines is 1. The number of nitrogens with one attached hydrogen (secondary N) is 1. The van der Waals surface area contributed by atoms with Crippen molar-refractivity contribution in [2.45, 2.75) is 33.2 Å². The first-order valence-electron chi connectivity index (χ1n) is 16.5. The highest BCUT2D eigenvalue weighted by atomic mass is 19.1. The van der Waals surface area contributed by atoms with Gasteiger partial charge < -0.3 is 19.8 Å². The van der Waals surface area contributed by atoms with Gasteiger partial charge in [0.05, 0.1) is 6.42 Å². The van der Waals surface area contributed by atoms with Crippen molar-refractivity contribution in [2.24, 2.45) is 0 Å². The maximum Gasteiger partial charge on any atom is 0.323 e. The molecule has 0 aliphatic heterocycles. The molecule has 0 spiro atoms. The van der Waals surface area contributed by atoms with Gasteiger partial charge in [0.25, 0.3) is 11.8 Å². The third kappa shape index (κ3) is 8.27. The summed E-state index contributed by atoms with van der Waals surface area (Å²) in [6, 6.07) is 31.5. The predicted molar refractivity (Wildman–Crippen MR) is 192 cm³/mol. The number of hydrogen-bond acceptors (Lipinski definition) is 6. The number of carbonyl (C=O) groups is 3. The minimum Gasteiger partial charge on any atom is -0.480 e. The molecule has 52 heavy (non-hydrogen) atoms. The maximum atomic E-state index is 14.6. The van der Waals surface area contributed by atoms with E-state index in [4.69, 9.17) is 4.52 Å². The van der Waals surface area contributed by atoms with E-state index in [9.17, 15) is 28.3 Å². The molecule has 0 aliphatic rings. The molecule has 1 heterocycles. The Bertz CT molecular complexity index is 2220.